The normalized spacial score (nSPS) is 8.85. The number of carboxylic acid groups (broad SMARTS) is 2. The molecule has 0 spiro atoms. The Morgan fingerprint density at radius 2 is 0.962 bits per heavy atom. The molecule has 140 valence electrons. The first-order valence-electron chi connectivity index (χ1n) is 7.36. The number of benzene rings is 2. The van der Waals surface area contributed by atoms with Crippen LogP contribution in [0.3, 0.4) is 0 Å². The van der Waals surface area contributed by atoms with Crippen LogP contribution >= 0.6 is 0 Å². The third-order valence-electron chi connectivity index (χ3n) is 2.68. The molecule has 0 aliphatic heterocycles. The molecule has 0 radical (unpaired) electrons. The van der Waals surface area contributed by atoms with Crippen LogP contribution in [0.25, 0.3) is 0 Å². The fourth-order valence-electron chi connectivity index (χ4n) is 1.64. The predicted octanol–water partition coefficient (Wildman–Crippen LogP) is 2.74. The summed E-state index contributed by atoms with van der Waals surface area (Å²) in [5, 5.41) is 36.3. The fraction of sp³-hybridized carbons (Fsp3) is 0.111. The van der Waals surface area contributed by atoms with Gasteiger partial charge in [-0.2, -0.15) is 0 Å². The van der Waals surface area contributed by atoms with Crippen molar-refractivity contribution in [1.82, 2.24) is 0 Å². The van der Waals surface area contributed by atoms with Gasteiger partial charge in [0.15, 0.2) is 0 Å². The number of carboxylic acids is 2. The van der Waals surface area contributed by atoms with Crippen LogP contribution in [0.4, 0.5) is 11.4 Å². The molecule has 8 nitrogen and oxygen atoms in total. The second-order valence-electron chi connectivity index (χ2n) is 4.57. The van der Waals surface area contributed by atoms with E-state index in [1.807, 2.05) is 0 Å². The van der Waals surface area contributed by atoms with Gasteiger partial charge in [0.2, 0.25) is 0 Å². The minimum absolute atomic E-state index is 0.413. The molecular weight excluding hydrogens is 340 g/mol. The van der Waals surface area contributed by atoms with Gasteiger partial charge < -0.3 is 10.2 Å². The molecule has 0 amide bonds. The second-order valence-corrected chi connectivity index (χ2v) is 4.57. The first-order chi connectivity index (χ1) is 12.4. The lowest BCUT2D eigenvalue weighted by Gasteiger charge is -2.13. The average molecular weight is 362 g/mol. The number of carbonyl (C=O) groups is 2. The van der Waals surface area contributed by atoms with Crippen molar-refractivity contribution in [2.45, 2.75) is 0 Å². The van der Waals surface area contributed by atoms with E-state index in [0.717, 1.165) is 0 Å². The van der Waals surface area contributed by atoms with Crippen LogP contribution in [0.5, 0.6) is 0 Å². The molecule has 0 aliphatic carbocycles. The molecule has 0 atom stereocenters. The van der Waals surface area contributed by atoms with E-state index in [-0.39, 0.29) is 0 Å². The molecule has 2 aromatic rings. The summed E-state index contributed by atoms with van der Waals surface area (Å²) in [6.07, 6.45) is 0. The highest BCUT2D eigenvalue weighted by atomic mass is 16.5. The van der Waals surface area contributed by atoms with Gasteiger partial charge in [-0.3, -0.25) is 20.0 Å². The number of hydrogen-bond donors (Lipinski definition) is 4. The topological polar surface area (TPSA) is 122 Å². The lowest BCUT2D eigenvalue weighted by molar-refractivity contribution is -0.137. The number of para-hydroxylation sites is 2. The summed E-state index contributed by atoms with van der Waals surface area (Å²) >= 11 is 0. The molecule has 2 rings (SSSR count). The van der Waals surface area contributed by atoms with Crippen LogP contribution in [-0.4, -0.2) is 45.7 Å². The van der Waals surface area contributed by atoms with Gasteiger partial charge in [-0.15, -0.1) is 13.2 Å². The Bertz CT molecular complexity index is 594. The zero-order chi connectivity index (χ0) is 19.9. The van der Waals surface area contributed by atoms with Crippen molar-refractivity contribution >= 4 is 23.3 Å². The molecular formula is C18H22N2O6. The quantitative estimate of drug-likeness (QED) is 0.457. The molecule has 0 saturated heterocycles. The summed E-state index contributed by atoms with van der Waals surface area (Å²) in [5.41, 5.74) is 0.944. The molecule has 0 fully saturated rings. The van der Waals surface area contributed by atoms with Gasteiger partial charge in [-0.05, 0) is 24.3 Å². The van der Waals surface area contributed by atoms with Crippen molar-refractivity contribution < 1.29 is 30.2 Å². The van der Waals surface area contributed by atoms with Gasteiger partial charge in [0.05, 0.1) is 11.4 Å². The number of hydroxylamine groups is 2. The number of aliphatic carboxylic acids is 2. The van der Waals surface area contributed by atoms with E-state index < -0.39 is 25.0 Å². The maximum absolute atomic E-state index is 10.2. The van der Waals surface area contributed by atoms with Crippen LogP contribution in [-0.2, 0) is 9.59 Å². The Morgan fingerprint density at radius 3 is 1.19 bits per heavy atom. The van der Waals surface area contributed by atoms with Gasteiger partial charge >= 0.3 is 11.9 Å². The fourth-order valence-corrected chi connectivity index (χ4v) is 1.64. The van der Waals surface area contributed by atoms with Gasteiger partial charge in [-0.25, -0.2) is 10.1 Å². The van der Waals surface area contributed by atoms with Crippen LogP contribution < -0.4 is 10.1 Å². The Hall–Kier alpha value is -3.36. The van der Waals surface area contributed by atoms with Gasteiger partial charge in [-0.1, -0.05) is 36.4 Å². The molecule has 2 aromatic carbocycles. The largest absolute Gasteiger partial charge is 0.480 e. The van der Waals surface area contributed by atoms with Crippen molar-refractivity contribution in [3.05, 3.63) is 73.8 Å². The summed E-state index contributed by atoms with van der Waals surface area (Å²) in [4.78, 5) is 20.4. The average Bonchev–Trinajstić information content (AvgIpc) is 2.64. The number of anilines is 2. The first kappa shape index (κ1) is 22.6. The number of rotatable bonds is 6. The summed E-state index contributed by atoms with van der Waals surface area (Å²) in [7, 11) is 0. The first-order valence-corrected chi connectivity index (χ1v) is 7.36. The summed E-state index contributed by atoms with van der Waals surface area (Å²) < 4.78 is 0. The Balaban J connectivity index is 0.000000439. The third kappa shape index (κ3) is 9.71. The SMILES string of the molecule is C=C.O=C(O)CN(O)c1ccccc1.O=C(O)CN(O)c1ccccc1. The van der Waals surface area contributed by atoms with Gasteiger partial charge in [0.25, 0.3) is 0 Å². The van der Waals surface area contributed by atoms with E-state index in [9.17, 15) is 9.59 Å². The van der Waals surface area contributed by atoms with E-state index in [0.29, 0.717) is 21.5 Å². The smallest absolute Gasteiger partial charge is 0.325 e. The molecule has 0 heterocycles. The van der Waals surface area contributed by atoms with Crippen LogP contribution in [0.1, 0.15) is 0 Å². The van der Waals surface area contributed by atoms with Crippen LogP contribution in [0, 0.1) is 0 Å². The third-order valence-corrected chi connectivity index (χ3v) is 2.68. The zero-order valence-electron chi connectivity index (χ0n) is 14.1. The minimum Gasteiger partial charge on any atom is -0.480 e. The van der Waals surface area contributed by atoms with Crippen LogP contribution in [0.15, 0.2) is 73.8 Å². The lowest BCUT2D eigenvalue weighted by Crippen LogP contribution is -2.25. The van der Waals surface area contributed by atoms with Crippen molar-refractivity contribution in [2.75, 3.05) is 23.2 Å². The summed E-state index contributed by atoms with van der Waals surface area (Å²) in [6.45, 7) is 5.17. The highest BCUT2D eigenvalue weighted by Crippen LogP contribution is 2.10. The lowest BCUT2D eigenvalue weighted by atomic mass is 10.3. The maximum atomic E-state index is 10.2. The van der Waals surface area contributed by atoms with Crippen molar-refractivity contribution in [2.24, 2.45) is 0 Å². The highest BCUT2D eigenvalue weighted by molar-refractivity contribution is 5.73. The summed E-state index contributed by atoms with van der Waals surface area (Å²) in [6, 6.07) is 17.0. The van der Waals surface area contributed by atoms with E-state index in [1.165, 1.54) is 0 Å². The van der Waals surface area contributed by atoms with E-state index >= 15 is 0 Å². The highest BCUT2D eigenvalue weighted by Gasteiger charge is 2.06. The summed E-state index contributed by atoms with van der Waals surface area (Å²) in [5.74, 6) is -2.14. The van der Waals surface area contributed by atoms with Crippen LogP contribution in [0.2, 0.25) is 0 Å². The standard InChI is InChI=1S/2C8H9NO3.C2H4/c2*10-8(11)6-9(12)7-4-2-1-3-5-7;1-2/h2*1-5,12H,6H2,(H,10,11);1-2H2. The molecule has 0 bridgehead atoms. The molecule has 0 unspecified atom stereocenters. The van der Waals surface area contributed by atoms with E-state index in [4.69, 9.17) is 20.6 Å². The molecule has 0 aliphatic rings. The van der Waals surface area contributed by atoms with E-state index in [1.54, 1.807) is 60.7 Å². The maximum Gasteiger partial charge on any atom is 0.325 e. The zero-order valence-corrected chi connectivity index (χ0v) is 14.1. The number of hydrogen-bond acceptors (Lipinski definition) is 6. The van der Waals surface area contributed by atoms with Crippen molar-refractivity contribution in [1.29, 1.82) is 0 Å². The molecule has 26 heavy (non-hydrogen) atoms. The van der Waals surface area contributed by atoms with E-state index in [2.05, 4.69) is 13.2 Å². The van der Waals surface area contributed by atoms with Gasteiger partial charge in [0.1, 0.15) is 13.1 Å². The van der Waals surface area contributed by atoms with Gasteiger partial charge in [0, 0.05) is 0 Å². The molecule has 0 aromatic heterocycles. The second kappa shape index (κ2) is 13.0. The molecule has 4 N–H and O–H groups in total. The Labute approximate surface area is 151 Å². The Kier molecular flexibility index (Phi) is 11.3. The monoisotopic (exact) mass is 362 g/mol. The molecule has 8 heteroatoms. The predicted molar refractivity (Wildman–Crippen MR) is 97.7 cm³/mol. The minimum atomic E-state index is -1.07. The van der Waals surface area contributed by atoms with Crippen molar-refractivity contribution in [3.8, 4) is 0 Å². The molecule has 0 saturated carbocycles. The number of nitrogens with zero attached hydrogens (tertiary/aromatic N) is 2. The Morgan fingerprint density at radius 1 is 0.692 bits per heavy atom. The van der Waals surface area contributed by atoms with Crippen molar-refractivity contribution in [3.63, 3.8) is 0 Å².